The number of hydrogen-bond acceptors (Lipinski definition) is 1. The summed E-state index contributed by atoms with van der Waals surface area (Å²) in [6.45, 7) is 1.54. The monoisotopic (exact) mass is 269 g/mol. The minimum atomic E-state index is -3.09. The maximum atomic E-state index is 12.0. The molecule has 3 rings (SSSR count). The first-order chi connectivity index (χ1) is 11.7. The van der Waals surface area contributed by atoms with E-state index >= 15 is 0 Å². The summed E-state index contributed by atoms with van der Waals surface area (Å²) in [5.74, 6) is -2.82. The average molecular weight is 270 g/mol. The zero-order valence-electron chi connectivity index (χ0n) is 17.6. The number of nitrogens with two attached hydrogens (primary N) is 1. The van der Waals surface area contributed by atoms with Crippen LogP contribution in [0.2, 0.25) is 5.02 Å². The number of halogens is 1. The van der Waals surface area contributed by atoms with Gasteiger partial charge in [0.05, 0.1) is 8.66 Å². The fourth-order valence-electron chi connectivity index (χ4n) is 2.30. The summed E-state index contributed by atoms with van der Waals surface area (Å²) in [5, 5.41) is -0.0527. The minimum Gasteiger partial charge on any atom is -0.369 e. The summed E-state index contributed by atoms with van der Waals surface area (Å²) in [7, 11) is 0. The Kier molecular flexibility index (Phi) is 1.33. The fraction of sp³-hybridized carbons (Fsp3) is 0.400. The normalized spacial score (nSPS) is 36.7. The summed E-state index contributed by atoms with van der Waals surface area (Å²) in [5.41, 5.74) is 5.59. The second-order valence-electron chi connectivity index (χ2n) is 4.35. The van der Waals surface area contributed by atoms with E-state index in [2.05, 4.69) is 0 Å². The lowest BCUT2D eigenvalue weighted by molar-refractivity contribution is -0.121. The van der Waals surface area contributed by atoms with Gasteiger partial charge in [0.15, 0.2) is 0 Å². The van der Waals surface area contributed by atoms with Crippen LogP contribution in [0.3, 0.4) is 0 Å². The molecule has 1 atom stereocenters. The molecule has 0 spiro atoms. The van der Waals surface area contributed by atoms with Crippen LogP contribution in [0, 0.1) is 12.8 Å². The first-order valence-electron chi connectivity index (χ1n) is 9.50. The lowest BCUT2D eigenvalue weighted by atomic mass is 9.82. The predicted octanol–water partition coefficient (Wildman–Crippen LogP) is 3.24. The number of primary amides is 1. The van der Waals surface area contributed by atoms with Gasteiger partial charge in [-0.3, -0.25) is 4.79 Å². The van der Waals surface area contributed by atoms with Gasteiger partial charge in [0, 0.05) is 13.2 Å². The van der Waals surface area contributed by atoms with Crippen molar-refractivity contribution in [3.05, 3.63) is 39.4 Å². The number of allylic oxidation sites excluding steroid dienone is 1. The van der Waals surface area contributed by atoms with Crippen molar-refractivity contribution in [1.82, 2.24) is 0 Å². The van der Waals surface area contributed by atoms with E-state index in [1.807, 2.05) is 0 Å². The molecule has 94 valence electrons. The highest BCUT2D eigenvalue weighted by molar-refractivity contribution is 6.31. The Morgan fingerprint density at radius 2 is 2.39 bits per heavy atom. The number of carbonyl (C=O) groups excluding carboxylic acids is 1. The van der Waals surface area contributed by atoms with Crippen LogP contribution in [0.5, 0.6) is 0 Å². The van der Waals surface area contributed by atoms with Gasteiger partial charge in [-0.15, -0.1) is 0 Å². The van der Waals surface area contributed by atoms with Crippen LogP contribution < -0.4 is 5.73 Å². The van der Waals surface area contributed by atoms with Gasteiger partial charge < -0.3 is 5.73 Å². The summed E-state index contributed by atoms with van der Waals surface area (Å²) in [6, 6.07) is -0.291. The van der Waals surface area contributed by atoms with Gasteiger partial charge >= 0.3 is 0 Å². The molecule has 0 heterocycles. The molecular formula is C15H16ClNO. The van der Waals surface area contributed by atoms with Crippen molar-refractivity contribution < 1.29 is 15.8 Å². The molecule has 0 saturated carbocycles. The average Bonchev–Trinajstić information content (AvgIpc) is 2.89. The molecule has 0 aromatic heterocycles. The Balaban J connectivity index is 2.46. The second kappa shape index (κ2) is 4.13. The number of rotatable bonds is 1. The zero-order chi connectivity index (χ0) is 20.0. The Hall–Kier alpha value is -1.28. The number of hydrogen-bond donors (Lipinski definition) is 1. The van der Waals surface area contributed by atoms with Crippen molar-refractivity contribution in [2.24, 2.45) is 11.7 Å². The number of benzene rings is 1. The van der Waals surface area contributed by atoms with Crippen LogP contribution in [0.1, 0.15) is 46.8 Å². The quantitative estimate of drug-likeness (QED) is 0.836. The lowest BCUT2D eigenvalue weighted by Gasteiger charge is -2.22. The molecule has 1 aromatic rings. The van der Waals surface area contributed by atoms with Crippen molar-refractivity contribution in [2.75, 3.05) is 0 Å². The highest BCUT2D eigenvalue weighted by Crippen LogP contribution is 2.45. The van der Waals surface area contributed by atoms with Crippen LogP contribution >= 0.6 is 11.6 Å². The van der Waals surface area contributed by atoms with E-state index < -0.39 is 30.9 Å². The van der Waals surface area contributed by atoms with Crippen molar-refractivity contribution >= 4 is 23.1 Å². The van der Waals surface area contributed by atoms with Gasteiger partial charge in [0.1, 0.15) is 0 Å². The first-order valence-corrected chi connectivity index (χ1v) is 5.88. The van der Waals surface area contributed by atoms with E-state index in [4.69, 9.17) is 28.3 Å². The molecule has 0 radical (unpaired) electrons. The number of carbonyl (C=O) groups is 1. The standard InChI is InChI=1S/C15H16ClNO/c1-8-5-9-6-13-10(12(9)7-14(8)16)3-2-4-11(13)15(17)18/h5,7,11H,2-4,6H2,1H3,(H2,17,18)/i2D2,3D2,4D2,5D,7D. The smallest absolute Gasteiger partial charge is 0.224 e. The molecule has 1 amide bonds. The Labute approximate surface area is 123 Å². The van der Waals surface area contributed by atoms with E-state index in [0.717, 1.165) is 0 Å². The summed E-state index contributed by atoms with van der Waals surface area (Å²) >= 11 is 6.10. The van der Waals surface area contributed by atoms with Crippen molar-refractivity contribution in [3.8, 4) is 0 Å². The maximum absolute atomic E-state index is 12.0. The summed E-state index contributed by atoms with van der Waals surface area (Å²) < 4.78 is 65.6. The predicted molar refractivity (Wildman–Crippen MR) is 73.3 cm³/mol. The van der Waals surface area contributed by atoms with Gasteiger partial charge in [-0.05, 0) is 66.3 Å². The van der Waals surface area contributed by atoms with Crippen molar-refractivity contribution in [1.29, 1.82) is 0 Å². The molecule has 18 heavy (non-hydrogen) atoms. The van der Waals surface area contributed by atoms with Crippen molar-refractivity contribution in [2.45, 2.75) is 32.5 Å². The molecule has 1 unspecified atom stereocenters. The third-order valence-electron chi connectivity index (χ3n) is 3.18. The van der Waals surface area contributed by atoms with Gasteiger partial charge in [0.25, 0.3) is 0 Å². The van der Waals surface area contributed by atoms with E-state index in [-0.39, 0.29) is 45.8 Å². The highest BCUT2D eigenvalue weighted by Gasteiger charge is 2.33. The molecule has 0 aliphatic heterocycles. The fourth-order valence-corrected chi connectivity index (χ4v) is 2.44. The van der Waals surface area contributed by atoms with Gasteiger partial charge in [-0.25, -0.2) is 0 Å². The van der Waals surface area contributed by atoms with E-state index in [1.54, 1.807) is 6.92 Å². The van der Waals surface area contributed by atoms with Gasteiger partial charge in [0.2, 0.25) is 5.91 Å². The van der Waals surface area contributed by atoms with E-state index in [9.17, 15) is 4.79 Å². The lowest BCUT2D eigenvalue weighted by Crippen LogP contribution is -2.27. The van der Waals surface area contributed by atoms with E-state index in [0.29, 0.717) is 5.56 Å². The van der Waals surface area contributed by atoms with Crippen molar-refractivity contribution in [3.63, 3.8) is 0 Å². The van der Waals surface area contributed by atoms with Gasteiger partial charge in [-0.2, -0.15) is 0 Å². The SMILES string of the molecule is [2H]c1c(C)c(Cl)c([2H])c2c1CC1=C2C([2H])([2H])C([2H])([2H])C([2H])([2H])C1C(N)=O. The molecule has 0 fully saturated rings. The van der Waals surface area contributed by atoms with Crippen LogP contribution in [-0.2, 0) is 11.2 Å². The molecule has 2 aliphatic rings. The molecule has 2 nitrogen and oxygen atoms in total. The molecule has 0 saturated heterocycles. The maximum Gasteiger partial charge on any atom is 0.224 e. The second-order valence-corrected chi connectivity index (χ2v) is 4.73. The van der Waals surface area contributed by atoms with Crippen LogP contribution in [0.4, 0.5) is 0 Å². The number of amides is 1. The summed E-state index contributed by atoms with van der Waals surface area (Å²) in [6.07, 6.45) is -8.97. The molecule has 0 bridgehead atoms. The molecule has 3 heteroatoms. The summed E-state index contributed by atoms with van der Waals surface area (Å²) in [4.78, 5) is 12.0. The zero-order valence-corrected chi connectivity index (χ0v) is 10.4. The van der Waals surface area contributed by atoms with E-state index in [1.165, 1.54) is 0 Å². The molecule has 1 aromatic carbocycles. The Morgan fingerprint density at radius 3 is 3.11 bits per heavy atom. The third kappa shape index (κ3) is 1.67. The molecule has 2 N–H and O–H groups in total. The van der Waals surface area contributed by atoms with Crippen LogP contribution in [0.15, 0.2) is 17.7 Å². The Morgan fingerprint density at radius 1 is 1.61 bits per heavy atom. The molecule has 2 aliphatic carbocycles. The topological polar surface area (TPSA) is 43.1 Å². The van der Waals surface area contributed by atoms with Crippen LogP contribution in [0.25, 0.3) is 5.57 Å². The largest absolute Gasteiger partial charge is 0.369 e. The Bertz CT molecular complexity index is 892. The minimum absolute atomic E-state index is 0.0127. The first kappa shape index (κ1) is 5.79. The molecular weight excluding hydrogens is 246 g/mol. The van der Waals surface area contributed by atoms with Gasteiger partial charge in [-0.1, -0.05) is 17.6 Å². The third-order valence-corrected chi connectivity index (χ3v) is 3.56. The number of fused-ring (bicyclic) bond motifs is 2. The van der Waals surface area contributed by atoms with Crippen LogP contribution in [-0.4, -0.2) is 5.91 Å². The highest BCUT2D eigenvalue weighted by atomic mass is 35.5.